The maximum atomic E-state index is 12.7. The summed E-state index contributed by atoms with van der Waals surface area (Å²) in [5, 5.41) is 3.35. The first-order valence-electron chi connectivity index (χ1n) is 9.67. The Morgan fingerprint density at radius 3 is 2.64 bits per heavy atom. The molecule has 1 aliphatic heterocycles. The lowest BCUT2D eigenvalue weighted by Gasteiger charge is -2.61. The zero-order valence-corrected chi connectivity index (χ0v) is 15.0. The molecule has 4 rings (SSSR count). The van der Waals surface area contributed by atoms with Gasteiger partial charge in [0.25, 0.3) is 0 Å². The number of aromatic nitrogens is 2. The third-order valence-corrected chi connectivity index (χ3v) is 6.45. The van der Waals surface area contributed by atoms with Gasteiger partial charge in [-0.1, -0.05) is 6.42 Å². The monoisotopic (exact) mass is 344 g/mol. The smallest absolute Gasteiger partial charge is 0.225 e. The molecule has 0 aromatic carbocycles. The van der Waals surface area contributed by atoms with Crippen LogP contribution in [0.3, 0.4) is 0 Å². The molecule has 3 fully saturated rings. The number of ether oxygens (including phenoxy) is 1. The minimum atomic E-state index is 0.114. The molecular weight excluding hydrogens is 316 g/mol. The summed E-state index contributed by atoms with van der Waals surface area (Å²) >= 11 is 0. The zero-order chi connectivity index (χ0) is 17.3. The molecule has 0 radical (unpaired) electrons. The fourth-order valence-corrected chi connectivity index (χ4v) is 4.73. The lowest BCUT2D eigenvalue weighted by atomic mass is 9.51. The number of nitrogens with zero attached hydrogens (tertiary/aromatic N) is 3. The molecule has 0 bridgehead atoms. The number of anilines is 1. The van der Waals surface area contributed by atoms with Crippen molar-refractivity contribution in [3.8, 4) is 0 Å². The topological polar surface area (TPSA) is 67.3 Å². The summed E-state index contributed by atoms with van der Waals surface area (Å²) in [7, 11) is 0. The lowest BCUT2D eigenvalue weighted by molar-refractivity contribution is -0.176. The highest BCUT2D eigenvalue weighted by molar-refractivity contribution is 5.79. The summed E-state index contributed by atoms with van der Waals surface area (Å²) in [5.74, 6) is 1.12. The Hall–Kier alpha value is -1.69. The maximum absolute atomic E-state index is 12.7. The van der Waals surface area contributed by atoms with Gasteiger partial charge in [0.1, 0.15) is 0 Å². The minimum Gasteiger partial charge on any atom is -0.378 e. The number of piperidine rings is 1. The van der Waals surface area contributed by atoms with Crippen LogP contribution in [0.2, 0.25) is 0 Å². The molecule has 2 aliphatic carbocycles. The van der Waals surface area contributed by atoms with E-state index in [0.717, 1.165) is 44.9 Å². The zero-order valence-electron chi connectivity index (χ0n) is 15.0. The van der Waals surface area contributed by atoms with Gasteiger partial charge < -0.3 is 15.0 Å². The van der Waals surface area contributed by atoms with Crippen LogP contribution in [0, 0.1) is 11.3 Å². The molecule has 1 spiro atoms. The second-order valence-electron chi connectivity index (χ2n) is 7.64. The second kappa shape index (κ2) is 6.90. The highest BCUT2D eigenvalue weighted by Gasteiger charge is 2.59. The Morgan fingerprint density at radius 2 is 2.04 bits per heavy atom. The van der Waals surface area contributed by atoms with Gasteiger partial charge in [-0.3, -0.25) is 4.79 Å². The van der Waals surface area contributed by atoms with Crippen LogP contribution in [0.5, 0.6) is 0 Å². The number of carbonyl (C=O) groups is 1. The average molecular weight is 344 g/mol. The van der Waals surface area contributed by atoms with E-state index in [2.05, 4.69) is 27.1 Å². The third-order valence-electron chi connectivity index (χ3n) is 6.45. The molecule has 25 heavy (non-hydrogen) atoms. The van der Waals surface area contributed by atoms with Crippen LogP contribution < -0.4 is 10.2 Å². The van der Waals surface area contributed by atoms with E-state index in [1.54, 1.807) is 12.4 Å². The van der Waals surface area contributed by atoms with E-state index in [0.29, 0.717) is 12.1 Å². The van der Waals surface area contributed by atoms with E-state index < -0.39 is 0 Å². The van der Waals surface area contributed by atoms with Gasteiger partial charge in [0, 0.05) is 49.5 Å². The van der Waals surface area contributed by atoms with Crippen molar-refractivity contribution in [2.24, 2.45) is 11.3 Å². The van der Waals surface area contributed by atoms with Gasteiger partial charge in [0.2, 0.25) is 11.9 Å². The molecule has 6 nitrogen and oxygen atoms in total. The highest BCUT2D eigenvalue weighted by atomic mass is 16.5. The molecule has 136 valence electrons. The van der Waals surface area contributed by atoms with Crippen molar-refractivity contribution in [1.82, 2.24) is 15.3 Å². The summed E-state index contributed by atoms with van der Waals surface area (Å²) in [4.78, 5) is 23.5. The molecule has 1 amide bonds. The van der Waals surface area contributed by atoms with Gasteiger partial charge in [0.05, 0.1) is 6.10 Å². The molecule has 1 saturated heterocycles. The van der Waals surface area contributed by atoms with Crippen molar-refractivity contribution >= 4 is 11.9 Å². The molecule has 3 aliphatic rings. The fraction of sp³-hybridized carbons (Fsp3) is 0.737. The Morgan fingerprint density at radius 1 is 1.32 bits per heavy atom. The van der Waals surface area contributed by atoms with E-state index in [1.807, 2.05) is 6.07 Å². The molecule has 6 heteroatoms. The highest BCUT2D eigenvalue weighted by Crippen LogP contribution is 2.57. The first kappa shape index (κ1) is 16.8. The lowest BCUT2D eigenvalue weighted by Crippen LogP contribution is -2.68. The number of nitrogens with one attached hydrogen (secondary N) is 1. The van der Waals surface area contributed by atoms with Crippen LogP contribution in [0.1, 0.15) is 45.4 Å². The quantitative estimate of drug-likeness (QED) is 0.886. The molecular formula is C19H28N4O2. The van der Waals surface area contributed by atoms with Crippen LogP contribution in [0.15, 0.2) is 18.5 Å². The third kappa shape index (κ3) is 3.01. The van der Waals surface area contributed by atoms with Crippen molar-refractivity contribution in [2.45, 2.75) is 57.6 Å². The summed E-state index contributed by atoms with van der Waals surface area (Å²) in [5.41, 5.74) is 0.240. The van der Waals surface area contributed by atoms with Gasteiger partial charge in [-0.25, -0.2) is 9.97 Å². The van der Waals surface area contributed by atoms with Gasteiger partial charge in [0.15, 0.2) is 0 Å². The summed E-state index contributed by atoms with van der Waals surface area (Å²) < 4.78 is 5.88. The minimum absolute atomic E-state index is 0.114. The van der Waals surface area contributed by atoms with E-state index >= 15 is 0 Å². The second-order valence-corrected chi connectivity index (χ2v) is 7.64. The molecule has 1 aromatic heterocycles. The molecule has 2 saturated carbocycles. The standard InChI is InChI=1S/C19H28N4O2/c1-2-25-16-13-15(19(16)7-3-8-19)22-17(24)14-5-11-23(12-6-14)18-20-9-4-10-21-18/h4,9-10,14-16H,2-3,5-8,11-13H2,1H3,(H,22,24)/t15-,16+/m0/s1. The largest absolute Gasteiger partial charge is 0.378 e. The summed E-state index contributed by atoms with van der Waals surface area (Å²) in [6.07, 6.45) is 10.3. The Bertz CT molecular complexity index is 597. The SMILES string of the molecule is CCO[C@@H]1C[C@H](NC(=O)C2CCN(c3ncccn3)CC2)C12CCC2. The van der Waals surface area contributed by atoms with Crippen LogP contribution in [-0.4, -0.2) is 47.7 Å². The number of amides is 1. The van der Waals surface area contributed by atoms with Crippen molar-refractivity contribution in [1.29, 1.82) is 0 Å². The van der Waals surface area contributed by atoms with Crippen LogP contribution in [0.4, 0.5) is 5.95 Å². The number of rotatable bonds is 5. The van der Waals surface area contributed by atoms with Gasteiger partial charge in [-0.2, -0.15) is 0 Å². The normalized spacial score (nSPS) is 28.3. The van der Waals surface area contributed by atoms with E-state index in [4.69, 9.17) is 4.74 Å². The number of carbonyl (C=O) groups excluding carboxylic acids is 1. The summed E-state index contributed by atoms with van der Waals surface area (Å²) in [6.45, 7) is 4.52. The Kier molecular flexibility index (Phi) is 4.63. The first-order valence-corrected chi connectivity index (χ1v) is 9.67. The molecule has 1 aromatic rings. The van der Waals surface area contributed by atoms with E-state index in [-0.39, 0.29) is 17.2 Å². The number of hydrogen-bond donors (Lipinski definition) is 1. The molecule has 0 unspecified atom stereocenters. The molecule has 2 heterocycles. The molecule has 2 atom stereocenters. The van der Waals surface area contributed by atoms with Crippen molar-refractivity contribution in [2.75, 3.05) is 24.6 Å². The van der Waals surface area contributed by atoms with Gasteiger partial charge in [-0.15, -0.1) is 0 Å². The van der Waals surface area contributed by atoms with Crippen LogP contribution >= 0.6 is 0 Å². The Labute approximate surface area is 149 Å². The van der Waals surface area contributed by atoms with Gasteiger partial charge >= 0.3 is 0 Å². The summed E-state index contributed by atoms with van der Waals surface area (Å²) in [6, 6.07) is 2.15. The Balaban J connectivity index is 1.29. The van der Waals surface area contributed by atoms with Crippen LogP contribution in [0.25, 0.3) is 0 Å². The molecule has 1 N–H and O–H groups in total. The van der Waals surface area contributed by atoms with Crippen molar-refractivity contribution in [3.63, 3.8) is 0 Å². The number of hydrogen-bond acceptors (Lipinski definition) is 5. The fourth-order valence-electron chi connectivity index (χ4n) is 4.73. The van der Waals surface area contributed by atoms with Gasteiger partial charge in [-0.05, 0) is 45.1 Å². The maximum Gasteiger partial charge on any atom is 0.225 e. The van der Waals surface area contributed by atoms with Crippen molar-refractivity contribution < 1.29 is 9.53 Å². The first-order chi connectivity index (χ1) is 12.2. The van der Waals surface area contributed by atoms with Crippen molar-refractivity contribution in [3.05, 3.63) is 18.5 Å². The van der Waals surface area contributed by atoms with E-state index in [9.17, 15) is 4.79 Å². The van der Waals surface area contributed by atoms with E-state index in [1.165, 1.54) is 19.3 Å². The van der Waals surface area contributed by atoms with Crippen LogP contribution in [-0.2, 0) is 9.53 Å². The predicted octanol–water partition coefficient (Wildman–Crippen LogP) is 2.16. The average Bonchev–Trinajstić information content (AvgIpc) is 2.60. The predicted molar refractivity (Wildman–Crippen MR) is 95.2 cm³/mol.